The topological polar surface area (TPSA) is 54.0 Å². The molecule has 16 heavy (non-hydrogen) atoms. The van der Waals surface area contributed by atoms with Crippen LogP contribution in [-0.4, -0.2) is 24.0 Å². The highest BCUT2D eigenvalue weighted by Crippen LogP contribution is 1.91. The number of aromatic nitrogens is 1. The number of carbonyl (C=O) groups is 1. The van der Waals surface area contributed by atoms with Crippen molar-refractivity contribution in [3.63, 3.8) is 0 Å². The highest BCUT2D eigenvalue weighted by Gasteiger charge is 1.99. The average molecular weight is 221 g/mol. The molecular weight excluding hydrogens is 202 g/mol. The SMILES string of the molecule is CCCNC(=O)CCNCc1ccccn1. The Balaban J connectivity index is 2.06. The first-order valence-electron chi connectivity index (χ1n) is 5.70. The van der Waals surface area contributed by atoms with Crippen molar-refractivity contribution in [3.05, 3.63) is 30.1 Å². The standard InChI is InChI=1S/C12H19N3O/c1-2-7-15-12(16)6-9-13-10-11-5-3-4-8-14-11/h3-5,8,13H,2,6-7,9-10H2,1H3,(H,15,16). The van der Waals surface area contributed by atoms with Gasteiger partial charge in [-0.15, -0.1) is 0 Å². The molecular formula is C12H19N3O. The molecule has 0 saturated carbocycles. The Kier molecular flexibility index (Phi) is 6.18. The van der Waals surface area contributed by atoms with E-state index in [0.717, 1.165) is 18.7 Å². The molecule has 0 bridgehead atoms. The fourth-order valence-corrected chi connectivity index (χ4v) is 1.27. The van der Waals surface area contributed by atoms with Crippen molar-refractivity contribution in [1.29, 1.82) is 0 Å². The first-order valence-corrected chi connectivity index (χ1v) is 5.70. The predicted octanol–water partition coefficient (Wildman–Crippen LogP) is 1.09. The van der Waals surface area contributed by atoms with Crippen LogP contribution in [0.2, 0.25) is 0 Å². The minimum atomic E-state index is 0.107. The summed E-state index contributed by atoms with van der Waals surface area (Å²) in [5.74, 6) is 0.107. The van der Waals surface area contributed by atoms with Crippen LogP contribution in [-0.2, 0) is 11.3 Å². The molecule has 1 rings (SSSR count). The summed E-state index contributed by atoms with van der Waals surface area (Å²) in [5.41, 5.74) is 0.997. The van der Waals surface area contributed by atoms with Crippen molar-refractivity contribution in [2.45, 2.75) is 26.3 Å². The second-order valence-corrected chi connectivity index (χ2v) is 3.60. The highest BCUT2D eigenvalue weighted by molar-refractivity contribution is 5.75. The molecule has 0 aliphatic carbocycles. The van der Waals surface area contributed by atoms with E-state index in [-0.39, 0.29) is 5.91 Å². The van der Waals surface area contributed by atoms with Crippen molar-refractivity contribution < 1.29 is 4.79 Å². The lowest BCUT2D eigenvalue weighted by Gasteiger charge is -2.05. The molecule has 0 aliphatic heterocycles. The molecule has 1 aromatic heterocycles. The van der Waals surface area contributed by atoms with Crippen LogP contribution in [0.15, 0.2) is 24.4 Å². The second-order valence-electron chi connectivity index (χ2n) is 3.60. The van der Waals surface area contributed by atoms with E-state index >= 15 is 0 Å². The number of hydrogen-bond acceptors (Lipinski definition) is 3. The van der Waals surface area contributed by atoms with Crippen LogP contribution in [0, 0.1) is 0 Å². The number of carbonyl (C=O) groups excluding carboxylic acids is 1. The summed E-state index contributed by atoms with van der Waals surface area (Å²) in [6.45, 7) is 4.20. The van der Waals surface area contributed by atoms with Crippen molar-refractivity contribution in [2.24, 2.45) is 0 Å². The predicted molar refractivity (Wildman–Crippen MR) is 63.9 cm³/mol. The summed E-state index contributed by atoms with van der Waals surface area (Å²) < 4.78 is 0. The number of rotatable bonds is 7. The number of amides is 1. The lowest BCUT2D eigenvalue weighted by Crippen LogP contribution is -2.28. The van der Waals surface area contributed by atoms with Crippen LogP contribution in [0.5, 0.6) is 0 Å². The fourth-order valence-electron chi connectivity index (χ4n) is 1.27. The third kappa shape index (κ3) is 5.46. The molecule has 4 nitrogen and oxygen atoms in total. The molecule has 88 valence electrons. The molecule has 2 N–H and O–H groups in total. The summed E-state index contributed by atoms with van der Waals surface area (Å²) in [6, 6.07) is 5.81. The zero-order chi connectivity index (χ0) is 11.6. The molecule has 0 atom stereocenters. The van der Waals surface area contributed by atoms with Gasteiger partial charge in [0.05, 0.1) is 5.69 Å². The smallest absolute Gasteiger partial charge is 0.221 e. The van der Waals surface area contributed by atoms with Crippen molar-refractivity contribution in [1.82, 2.24) is 15.6 Å². The van der Waals surface area contributed by atoms with E-state index in [4.69, 9.17) is 0 Å². The molecule has 0 spiro atoms. The Morgan fingerprint density at radius 3 is 2.94 bits per heavy atom. The normalized spacial score (nSPS) is 10.1. The Hall–Kier alpha value is -1.42. The Morgan fingerprint density at radius 2 is 2.25 bits per heavy atom. The summed E-state index contributed by atoms with van der Waals surface area (Å²) in [5, 5.41) is 6.02. The Morgan fingerprint density at radius 1 is 1.38 bits per heavy atom. The Bertz CT molecular complexity index is 300. The first kappa shape index (κ1) is 12.6. The highest BCUT2D eigenvalue weighted by atomic mass is 16.1. The van der Waals surface area contributed by atoms with Gasteiger partial charge in [0.1, 0.15) is 0 Å². The molecule has 0 radical (unpaired) electrons. The van der Waals surface area contributed by atoms with E-state index in [2.05, 4.69) is 15.6 Å². The summed E-state index contributed by atoms with van der Waals surface area (Å²) in [4.78, 5) is 15.4. The molecule has 4 heteroatoms. The molecule has 0 unspecified atom stereocenters. The van der Waals surface area contributed by atoms with Gasteiger partial charge in [-0.3, -0.25) is 9.78 Å². The zero-order valence-corrected chi connectivity index (χ0v) is 9.70. The van der Waals surface area contributed by atoms with Crippen LogP contribution in [0.4, 0.5) is 0 Å². The van der Waals surface area contributed by atoms with Crippen molar-refractivity contribution in [3.8, 4) is 0 Å². The van der Waals surface area contributed by atoms with Gasteiger partial charge in [-0.25, -0.2) is 0 Å². The zero-order valence-electron chi connectivity index (χ0n) is 9.70. The first-order chi connectivity index (χ1) is 7.83. The molecule has 1 amide bonds. The average Bonchev–Trinajstić information content (AvgIpc) is 2.33. The van der Waals surface area contributed by atoms with Gasteiger partial charge in [-0.1, -0.05) is 13.0 Å². The van der Waals surface area contributed by atoms with Gasteiger partial charge in [0.25, 0.3) is 0 Å². The van der Waals surface area contributed by atoms with Crippen LogP contribution in [0.3, 0.4) is 0 Å². The minimum Gasteiger partial charge on any atom is -0.356 e. The van der Waals surface area contributed by atoms with Crippen LogP contribution in [0.1, 0.15) is 25.5 Å². The lowest BCUT2D eigenvalue weighted by molar-refractivity contribution is -0.120. The van der Waals surface area contributed by atoms with Crippen molar-refractivity contribution >= 4 is 5.91 Å². The van der Waals surface area contributed by atoms with Gasteiger partial charge in [-0.2, -0.15) is 0 Å². The van der Waals surface area contributed by atoms with E-state index in [1.807, 2.05) is 25.1 Å². The van der Waals surface area contributed by atoms with Gasteiger partial charge in [-0.05, 0) is 18.6 Å². The van der Waals surface area contributed by atoms with E-state index in [9.17, 15) is 4.79 Å². The molecule has 1 heterocycles. The van der Waals surface area contributed by atoms with Crippen LogP contribution < -0.4 is 10.6 Å². The van der Waals surface area contributed by atoms with E-state index in [0.29, 0.717) is 19.5 Å². The molecule has 1 aromatic rings. The number of pyridine rings is 1. The van der Waals surface area contributed by atoms with Gasteiger partial charge in [0.2, 0.25) is 5.91 Å². The van der Waals surface area contributed by atoms with Crippen molar-refractivity contribution in [2.75, 3.05) is 13.1 Å². The maximum Gasteiger partial charge on any atom is 0.221 e. The third-order valence-corrected chi connectivity index (χ3v) is 2.13. The minimum absolute atomic E-state index is 0.107. The lowest BCUT2D eigenvalue weighted by atomic mass is 10.3. The van der Waals surface area contributed by atoms with Crippen LogP contribution >= 0.6 is 0 Å². The van der Waals surface area contributed by atoms with Crippen LogP contribution in [0.25, 0.3) is 0 Å². The molecule has 0 aliphatic rings. The third-order valence-electron chi connectivity index (χ3n) is 2.13. The number of nitrogens with one attached hydrogen (secondary N) is 2. The fraction of sp³-hybridized carbons (Fsp3) is 0.500. The number of hydrogen-bond donors (Lipinski definition) is 2. The summed E-state index contributed by atoms with van der Waals surface area (Å²) in [6.07, 6.45) is 3.27. The van der Waals surface area contributed by atoms with Gasteiger partial charge in [0.15, 0.2) is 0 Å². The molecule has 0 fully saturated rings. The van der Waals surface area contributed by atoms with Gasteiger partial charge in [0, 0.05) is 32.3 Å². The van der Waals surface area contributed by atoms with E-state index in [1.165, 1.54) is 0 Å². The summed E-state index contributed by atoms with van der Waals surface area (Å²) >= 11 is 0. The van der Waals surface area contributed by atoms with E-state index in [1.54, 1.807) is 6.20 Å². The number of nitrogens with zero attached hydrogens (tertiary/aromatic N) is 1. The quantitative estimate of drug-likeness (QED) is 0.678. The largest absolute Gasteiger partial charge is 0.356 e. The maximum absolute atomic E-state index is 11.2. The second kappa shape index (κ2) is 7.82. The Labute approximate surface area is 96.5 Å². The molecule has 0 aromatic carbocycles. The van der Waals surface area contributed by atoms with Gasteiger partial charge < -0.3 is 10.6 Å². The maximum atomic E-state index is 11.2. The van der Waals surface area contributed by atoms with E-state index < -0.39 is 0 Å². The molecule has 0 saturated heterocycles. The monoisotopic (exact) mass is 221 g/mol. The van der Waals surface area contributed by atoms with Gasteiger partial charge >= 0.3 is 0 Å². The summed E-state index contributed by atoms with van der Waals surface area (Å²) in [7, 11) is 0.